The number of aromatic nitrogens is 2. The normalized spacial score (nSPS) is 11.1. The number of hydrogen-bond acceptors (Lipinski definition) is 5. The molecule has 0 unspecified atom stereocenters. The van der Waals surface area contributed by atoms with Crippen LogP contribution in [0.5, 0.6) is 0 Å². The topological polar surface area (TPSA) is 75.9 Å². The standard InChI is InChI=1S/C17H19N3O3S/c1-12-15(16(22)18-7-9-23-10-8-21)24-17-19-14(11-20(12)17)13-5-3-2-4-6-13/h2-6,11,21H,7-10H2,1H3,(H,18,22). The number of imidazole rings is 1. The number of aliphatic hydroxyl groups excluding tert-OH is 1. The van der Waals surface area contributed by atoms with Crippen molar-refractivity contribution in [1.82, 2.24) is 14.7 Å². The molecule has 3 aromatic rings. The summed E-state index contributed by atoms with van der Waals surface area (Å²) >= 11 is 1.37. The highest BCUT2D eigenvalue weighted by Crippen LogP contribution is 2.26. The SMILES string of the molecule is Cc1c(C(=O)NCCOCCO)sc2nc(-c3ccccc3)cn12. The quantitative estimate of drug-likeness (QED) is 0.643. The zero-order valence-electron chi connectivity index (χ0n) is 13.4. The number of hydrogen-bond donors (Lipinski definition) is 2. The van der Waals surface area contributed by atoms with E-state index in [1.54, 1.807) is 0 Å². The summed E-state index contributed by atoms with van der Waals surface area (Å²) in [4.78, 5) is 18.3. The van der Waals surface area contributed by atoms with E-state index in [2.05, 4.69) is 10.3 Å². The summed E-state index contributed by atoms with van der Waals surface area (Å²) in [7, 11) is 0. The van der Waals surface area contributed by atoms with Crippen molar-refractivity contribution >= 4 is 22.2 Å². The molecule has 1 aromatic carbocycles. The van der Waals surface area contributed by atoms with Crippen LogP contribution in [0.4, 0.5) is 0 Å². The Morgan fingerprint density at radius 3 is 2.83 bits per heavy atom. The Morgan fingerprint density at radius 2 is 2.12 bits per heavy atom. The first-order valence-corrected chi connectivity index (χ1v) is 8.53. The number of nitrogens with zero attached hydrogens (tertiary/aromatic N) is 2. The Morgan fingerprint density at radius 1 is 1.33 bits per heavy atom. The first kappa shape index (κ1) is 16.6. The minimum absolute atomic E-state index is 0.0150. The Hall–Kier alpha value is -2.22. The molecule has 0 radical (unpaired) electrons. The molecule has 3 rings (SSSR count). The van der Waals surface area contributed by atoms with Gasteiger partial charge in [0.1, 0.15) is 4.88 Å². The van der Waals surface area contributed by atoms with Gasteiger partial charge in [0, 0.05) is 24.0 Å². The van der Waals surface area contributed by atoms with Crippen LogP contribution in [-0.2, 0) is 4.74 Å². The van der Waals surface area contributed by atoms with Gasteiger partial charge in [0.2, 0.25) is 0 Å². The Bertz CT molecular complexity index is 826. The van der Waals surface area contributed by atoms with Gasteiger partial charge in [-0.15, -0.1) is 0 Å². The number of rotatable bonds is 7. The predicted octanol–water partition coefficient (Wildman–Crippen LogP) is 2.11. The minimum atomic E-state index is -0.128. The summed E-state index contributed by atoms with van der Waals surface area (Å²) in [5, 5.41) is 11.4. The fourth-order valence-electron chi connectivity index (χ4n) is 2.39. The molecule has 0 atom stereocenters. The second kappa shape index (κ2) is 7.57. The van der Waals surface area contributed by atoms with Crippen molar-refractivity contribution < 1.29 is 14.6 Å². The molecule has 0 saturated heterocycles. The van der Waals surface area contributed by atoms with Crippen LogP contribution >= 0.6 is 11.3 Å². The first-order chi connectivity index (χ1) is 11.7. The van der Waals surface area contributed by atoms with Crippen LogP contribution in [0.3, 0.4) is 0 Å². The first-order valence-electron chi connectivity index (χ1n) is 7.71. The number of aryl methyl sites for hydroxylation is 1. The molecule has 1 amide bonds. The number of ether oxygens (including phenoxy) is 1. The van der Waals surface area contributed by atoms with E-state index < -0.39 is 0 Å². The summed E-state index contributed by atoms with van der Waals surface area (Å²) in [5.74, 6) is -0.128. The van der Waals surface area contributed by atoms with Gasteiger partial charge < -0.3 is 15.2 Å². The zero-order valence-corrected chi connectivity index (χ0v) is 14.2. The van der Waals surface area contributed by atoms with Crippen molar-refractivity contribution in [3.63, 3.8) is 0 Å². The summed E-state index contributed by atoms with van der Waals surface area (Å²) in [6.45, 7) is 2.97. The van der Waals surface area contributed by atoms with Gasteiger partial charge in [-0.05, 0) is 6.92 Å². The molecule has 0 aliphatic carbocycles. The maximum Gasteiger partial charge on any atom is 0.263 e. The Labute approximate surface area is 143 Å². The lowest BCUT2D eigenvalue weighted by molar-refractivity contribution is 0.0840. The lowest BCUT2D eigenvalue weighted by Gasteiger charge is -2.04. The van der Waals surface area contributed by atoms with Crippen LogP contribution in [0.25, 0.3) is 16.2 Å². The highest BCUT2D eigenvalue weighted by Gasteiger charge is 2.17. The summed E-state index contributed by atoms with van der Waals surface area (Å²) in [5.41, 5.74) is 2.83. The van der Waals surface area contributed by atoms with Crippen molar-refractivity contribution in [2.24, 2.45) is 0 Å². The van der Waals surface area contributed by atoms with Gasteiger partial charge >= 0.3 is 0 Å². The molecule has 24 heavy (non-hydrogen) atoms. The number of amides is 1. The van der Waals surface area contributed by atoms with E-state index in [1.807, 2.05) is 47.9 Å². The van der Waals surface area contributed by atoms with Gasteiger partial charge in [-0.3, -0.25) is 9.20 Å². The number of nitrogens with one attached hydrogen (secondary N) is 1. The van der Waals surface area contributed by atoms with Crippen molar-refractivity contribution in [2.45, 2.75) is 6.92 Å². The third-order valence-corrected chi connectivity index (χ3v) is 4.76. The molecule has 2 N–H and O–H groups in total. The van der Waals surface area contributed by atoms with Crippen LogP contribution in [0, 0.1) is 6.92 Å². The smallest absolute Gasteiger partial charge is 0.263 e. The number of thiazole rings is 1. The molecule has 2 heterocycles. The molecular formula is C17H19N3O3S. The number of aliphatic hydroxyl groups is 1. The van der Waals surface area contributed by atoms with Crippen LogP contribution in [0.15, 0.2) is 36.5 Å². The van der Waals surface area contributed by atoms with Crippen molar-refractivity contribution in [3.8, 4) is 11.3 Å². The van der Waals surface area contributed by atoms with Gasteiger partial charge in [0.05, 0.1) is 25.5 Å². The second-order valence-electron chi connectivity index (χ2n) is 5.25. The fourth-order valence-corrected chi connectivity index (χ4v) is 3.42. The molecule has 7 heteroatoms. The average Bonchev–Trinajstić information content (AvgIpc) is 3.15. The summed E-state index contributed by atoms with van der Waals surface area (Å²) in [6, 6.07) is 9.96. The molecule has 0 bridgehead atoms. The van der Waals surface area contributed by atoms with Gasteiger partial charge in [-0.1, -0.05) is 41.7 Å². The van der Waals surface area contributed by atoms with E-state index in [0.717, 1.165) is 21.9 Å². The summed E-state index contributed by atoms with van der Waals surface area (Å²) < 4.78 is 7.08. The van der Waals surface area contributed by atoms with Gasteiger partial charge in [0.25, 0.3) is 5.91 Å². The number of fused-ring (bicyclic) bond motifs is 1. The van der Waals surface area contributed by atoms with Gasteiger partial charge in [-0.2, -0.15) is 0 Å². The van der Waals surface area contributed by atoms with Crippen LogP contribution < -0.4 is 5.32 Å². The summed E-state index contributed by atoms with van der Waals surface area (Å²) in [6.07, 6.45) is 1.96. The number of benzene rings is 1. The molecule has 0 aliphatic rings. The highest BCUT2D eigenvalue weighted by molar-refractivity contribution is 7.19. The van der Waals surface area contributed by atoms with Crippen molar-refractivity contribution in [3.05, 3.63) is 47.1 Å². The monoisotopic (exact) mass is 345 g/mol. The van der Waals surface area contributed by atoms with E-state index in [9.17, 15) is 4.79 Å². The number of carbonyl (C=O) groups is 1. The third kappa shape index (κ3) is 3.48. The molecule has 126 valence electrons. The number of carbonyl (C=O) groups excluding carboxylic acids is 1. The van der Waals surface area contributed by atoms with Crippen LogP contribution in [-0.4, -0.2) is 46.8 Å². The molecule has 0 fully saturated rings. The third-order valence-electron chi connectivity index (χ3n) is 3.60. The van der Waals surface area contributed by atoms with Gasteiger partial charge in [-0.25, -0.2) is 4.98 Å². The van der Waals surface area contributed by atoms with Crippen molar-refractivity contribution in [2.75, 3.05) is 26.4 Å². The lowest BCUT2D eigenvalue weighted by atomic mass is 10.2. The molecular weight excluding hydrogens is 326 g/mol. The predicted molar refractivity (Wildman–Crippen MR) is 93.5 cm³/mol. The van der Waals surface area contributed by atoms with E-state index in [-0.39, 0.29) is 19.1 Å². The molecule has 2 aromatic heterocycles. The highest BCUT2D eigenvalue weighted by atomic mass is 32.1. The zero-order chi connectivity index (χ0) is 16.9. The van der Waals surface area contributed by atoms with Crippen molar-refractivity contribution in [1.29, 1.82) is 0 Å². The Balaban J connectivity index is 1.73. The molecule has 6 nitrogen and oxygen atoms in total. The second-order valence-corrected chi connectivity index (χ2v) is 6.23. The maximum absolute atomic E-state index is 12.3. The van der Waals surface area contributed by atoms with E-state index in [0.29, 0.717) is 18.0 Å². The van der Waals surface area contributed by atoms with Gasteiger partial charge in [0.15, 0.2) is 4.96 Å². The van der Waals surface area contributed by atoms with E-state index in [4.69, 9.17) is 9.84 Å². The molecule has 0 spiro atoms. The average molecular weight is 345 g/mol. The lowest BCUT2D eigenvalue weighted by Crippen LogP contribution is -2.27. The molecule has 0 saturated carbocycles. The van der Waals surface area contributed by atoms with E-state index in [1.165, 1.54) is 11.3 Å². The van der Waals surface area contributed by atoms with E-state index >= 15 is 0 Å². The Kier molecular flexibility index (Phi) is 5.24. The van der Waals surface area contributed by atoms with Crippen LogP contribution in [0.1, 0.15) is 15.4 Å². The van der Waals surface area contributed by atoms with Crippen LogP contribution in [0.2, 0.25) is 0 Å². The molecule has 0 aliphatic heterocycles. The fraction of sp³-hybridized carbons (Fsp3) is 0.294. The maximum atomic E-state index is 12.3. The minimum Gasteiger partial charge on any atom is -0.394 e. The largest absolute Gasteiger partial charge is 0.394 e.